The fourth-order valence-corrected chi connectivity index (χ4v) is 2.22. The predicted octanol–water partition coefficient (Wildman–Crippen LogP) is 2.81. The number of hydrogen-bond acceptors (Lipinski definition) is 2. The van der Waals surface area contributed by atoms with E-state index in [9.17, 15) is 8.42 Å². The molecule has 0 spiro atoms. The molecule has 80 valence electrons. The molecule has 0 fully saturated rings. The molecule has 1 aromatic rings. The molecule has 2 nitrogen and oxygen atoms in total. The quantitative estimate of drug-likeness (QED) is 0.758. The third-order valence-corrected chi connectivity index (χ3v) is 3.70. The lowest BCUT2D eigenvalue weighted by atomic mass is 10.2. The van der Waals surface area contributed by atoms with Crippen LogP contribution in [0.4, 0.5) is 0 Å². The topological polar surface area (TPSA) is 34.1 Å². The maximum atomic E-state index is 11.4. The summed E-state index contributed by atoms with van der Waals surface area (Å²) in [6.07, 6.45) is 0. The van der Waals surface area contributed by atoms with Crippen LogP contribution in [0, 0.1) is 6.92 Å². The normalized spacial score (nSPS) is 10.3. The van der Waals surface area contributed by atoms with E-state index < -0.39 is 9.84 Å². The second-order valence-electron chi connectivity index (χ2n) is 2.67. The van der Waals surface area contributed by atoms with Gasteiger partial charge in [-0.25, -0.2) is 8.42 Å². The van der Waals surface area contributed by atoms with Gasteiger partial charge in [-0.2, -0.15) is 0 Å². The van der Waals surface area contributed by atoms with Gasteiger partial charge >= 0.3 is 0 Å². The standard InChI is InChI=1S/C9H12O2S.C2H6/c1-3-12(10,11)9-7-5-4-6-8(9)2;1-2/h4-7H,3H2,1-2H3;1-2H3. The smallest absolute Gasteiger partial charge is 0.178 e. The molecule has 14 heavy (non-hydrogen) atoms. The first-order valence-corrected chi connectivity index (χ1v) is 6.51. The summed E-state index contributed by atoms with van der Waals surface area (Å²) < 4.78 is 22.8. The average molecular weight is 214 g/mol. The minimum Gasteiger partial charge on any atom is -0.224 e. The number of sulfone groups is 1. The molecule has 1 rings (SSSR count). The van der Waals surface area contributed by atoms with E-state index in [1.54, 1.807) is 19.1 Å². The van der Waals surface area contributed by atoms with Gasteiger partial charge in [0.05, 0.1) is 10.6 Å². The van der Waals surface area contributed by atoms with Crippen molar-refractivity contribution in [3.8, 4) is 0 Å². The molecule has 0 amide bonds. The minimum atomic E-state index is -3.03. The van der Waals surface area contributed by atoms with Crippen molar-refractivity contribution in [3.05, 3.63) is 29.8 Å². The summed E-state index contributed by atoms with van der Waals surface area (Å²) in [6, 6.07) is 7.04. The molecular weight excluding hydrogens is 196 g/mol. The minimum absolute atomic E-state index is 0.165. The van der Waals surface area contributed by atoms with Crippen molar-refractivity contribution >= 4 is 9.84 Å². The Morgan fingerprint density at radius 1 is 1.14 bits per heavy atom. The summed E-state index contributed by atoms with van der Waals surface area (Å²) in [4.78, 5) is 0.451. The van der Waals surface area contributed by atoms with E-state index in [1.807, 2.05) is 32.9 Å². The lowest BCUT2D eigenvalue weighted by molar-refractivity contribution is 0.596. The van der Waals surface area contributed by atoms with Crippen LogP contribution in [0.25, 0.3) is 0 Å². The Morgan fingerprint density at radius 3 is 2.07 bits per heavy atom. The zero-order valence-corrected chi connectivity index (χ0v) is 10.1. The van der Waals surface area contributed by atoms with Gasteiger partial charge in [-0.3, -0.25) is 0 Å². The van der Waals surface area contributed by atoms with Gasteiger partial charge in [0.2, 0.25) is 0 Å². The number of aryl methyl sites for hydroxylation is 1. The summed E-state index contributed by atoms with van der Waals surface area (Å²) in [5.74, 6) is 0.165. The molecule has 0 saturated heterocycles. The van der Waals surface area contributed by atoms with Crippen LogP contribution < -0.4 is 0 Å². The Balaban J connectivity index is 0.000000791. The molecule has 0 heterocycles. The monoisotopic (exact) mass is 214 g/mol. The average Bonchev–Trinajstić information content (AvgIpc) is 2.21. The van der Waals surface area contributed by atoms with Crippen LogP contribution in [0.3, 0.4) is 0 Å². The molecule has 1 aromatic carbocycles. The Labute approximate surface area is 86.9 Å². The van der Waals surface area contributed by atoms with Crippen molar-refractivity contribution in [2.75, 3.05) is 5.75 Å². The summed E-state index contributed by atoms with van der Waals surface area (Å²) in [6.45, 7) is 7.46. The summed E-state index contributed by atoms with van der Waals surface area (Å²) >= 11 is 0. The second-order valence-corrected chi connectivity index (χ2v) is 4.92. The van der Waals surface area contributed by atoms with Crippen LogP contribution in [0.5, 0.6) is 0 Å². The zero-order chi connectivity index (χ0) is 11.2. The molecule has 0 unspecified atom stereocenters. The van der Waals surface area contributed by atoms with Gasteiger partial charge in [0.1, 0.15) is 0 Å². The van der Waals surface area contributed by atoms with Crippen LogP contribution in [0.2, 0.25) is 0 Å². The maximum absolute atomic E-state index is 11.4. The first kappa shape index (κ1) is 13.2. The molecule has 3 heteroatoms. The van der Waals surface area contributed by atoms with Crippen molar-refractivity contribution in [2.24, 2.45) is 0 Å². The van der Waals surface area contributed by atoms with Crippen LogP contribution in [-0.4, -0.2) is 14.2 Å². The Bertz CT molecular complexity index is 367. The van der Waals surface area contributed by atoms with E-state index >= 15 is 0 Å². The van der Waals surface area contributed by atoms with Gasteiger partial charge in [0.15, 0.2) is 9.84 Å². The molecule has 0 radical (unpaired) electrons. The molecule has 0 aliphatic rings. The molecular formula is C11H18O2S. The Kier molecular flexibility index (Phi) is 5.46. The van der Waals surface area contributed by atoms with Crippen LogP contribution >= 0.6 is 0 Å². The van der Waals surface area contributed by atoms with E-state index in [1.165, 1.54) is 0 Å². The fourth-order valence-electron chi connectivity index (χ4n) is 1.06. The van der Waals surface area contributed by atoms with Crippen molar-refractivity contribution in [1.82, 2.24) is 0 Å². The molecule has 0 bridgehead atoms. The lowest BCUT2D eigenvalue weighted by Gasteiger charge is -2.03. The van der Waals surface area contributed by atoms with Crippen molar-refractivity contribution < 1.29 is 8.42 Å². The highest BCUT2D eigenvalue weighted by Crippen LogP contribution is 2.14. The largest absolute Gasteiger partial charge is 0.224 e. The van der Waals surface area contributed by atoms with Gasteiger partial charge in [-0.05, 0) is 18.6 Å². The van der Waals surface area contributed by atoms with E-state index in [4.69, 9.17) is 0 Å². The van der Waals surface area contributed by atoms with Crippen LogP contribution in [0.1, 0.15) is 26.3 Å². The Hall–Kier alpha value is -0.830. The highest BCUT2D eigenvalue weighted by molar-refractivity contribution is 7.91. The molecule has 0 atom stereocenters. The molecule has 0 aliphatic heterocycles. The molecule has 0 saturated carbocycles. The van der Waals surface area contributed by atoms with Gasteiger partial charge in [-0.15, -0.1) is 0 Å². The lowest BCUT2D eigenvalue weighted by Crippen LogP contribution is -2.05. The van der Waals surface area contributed by atoms with Crippen LogP contribution in [0.15, 0.2) is 29.2 Å². The summed E-state index contributed by atoms with van der Waals surface area (Å²) in [7, 11) is -3.03. The third kappa shape index (κ3) is 3.14. The maximum Gasteiger partial charge on any atom is 0.178 e. The van der Waals surface area contributed by atoms with E-state index in [0.717, 1.165) is 5.56 Å². The van der Waals surface area contributed by atoms with Gasteiger partial charge in [0, 0.05) is 0 Å². The van der Waals surface area contributed by atoms with Gasteiger partial charge in [-0.1, -0.05) is 39.0 Å². The molecule has 0 N–H and O–H groups in total. The van der Waals surface area contributed by atoms with E-state index in [-0.39, 0.29) is 5.75 Å². The van der Waals surface area contributed by atoms with Gasteiger partial charge < -0.3 is 0 Å². The van der Waals surface area contributed by atoms with E-state index in [2.05, 4.69) is 0 Å². The van der Waals surface area contributed by atoms with Crippen LogP contribution in [-0.2, 0) is 9.84 Å². The molecule has 0 aromatic heterocycles. The van der Waals surface area contributed by atoms with Crippen molar-refractivity contribution in [3.63, 3.8) is 0 Å². The first-order chi connectivity index (χ1) is 6.58. The third-order valence-electron chi connectivity index (χ3n) is 1.81. The highest BCUT2D eigenvalue weighted by atomic mass is 32.2. The fraction of sp³-hybridized carbons (Fsp3) is 0.455. The predicted molar refractivity (Wildman–Crippen MR) is 60.3 cm³/mol. The van der Waals surface area contributed by atoms with Gasteiger partial charge in [0.25, 0.3) is 0 Å². The van der Waals surface area contributed by atoms with E-state index in [0.29, 0.717) is 4.90 Å². The Morgan fingerprint density at radius 2 is 1.64 bits per heavy atom. The number of benzene rings is 1. The number of hydrogen-bond donors (Lipinski definition) is 0. The molecule has 0 aliphatic carbocycles. The second kappa shape index (κ2) is 5.81. The zero-order valence-electron chi connectivity index (χ0n) is 9.24. The van der Waals surface area contributed by atoms with Crippen molar-refractivity contribution in [2.45, 2.75) is 32.6 Å². The SMILES string of the molecule is CC.CCS(=O)(=O)c1ccccc1C. The number of rotatable bonds is 2. The summed E-state index contributed by atoms with van der Waals surface area (Å²) in [5.41, 5.74) is 0.819. The van der Waals surface area contributed by atoms with Crippen molar-refractivity contribution in [1.29, 1.82) is 0 Å². The first-order valence-electron chi connectivity index (χ1n) is 4.86. The summed E-state index contributed by atoms with van der Waals surface area (Å²) in [5, 5.41) is 0. The highest BCUT2D eigenvalue weighted by Gasteiger charge is 2.12.